The smallest absolute Gasteiger partial charge is 0.325 e. The number of esters is 1. The number of nitrogens with zero attached hydrogens (tertiary/aromatic N) is 1. The molecule has 0 aliphatic heterocycles. The van der Waals surface area contributed by atoms with E-state index in [1.807, 2.05) is 0 Å². The van der Waals surface area contributed by atoms with Gasteiger partial charge in [0.15, 0.2) is 0 Å². The lowest BCUT2D eigenvalue weighted by Gasteiger charge is -2.08. The Labute approximate surface area is 101 Å². The maximum atomic E-state index is 11.0. The number of carbonyl (C=O) groups excluding carboxylic acids is 1. The molecule has 92 valence electrons. The van der Waals surface area contributed by atoms with Crippen LogP contribution in [0, 0.1) is 10.1 Å². The number of allylic oxidation sites excluding steroid dienone is 1. The highest BCUT2D eigenvalue weighted by Gasteiger charge is 2.11. The van der Waals surface area contributed by atoms with Crippen LogP contribution in [0.4, 0.5) is 0 Å². The van der Waals surface area contributed by atoms with E-state index in [9.17, 15) is 14.9 Å². The molecule has 1 atom stereocenters. The van der Waals surface area contributed by atoms with Crippen LogP contribution in [0.25, 0.3) is 0 Å². The van der Waals surface area contributed by atoms with Gasteiger partial charge in [-0.25, -0.2) is 0 Å². The SMILES string of the molecule is CCOC(=O)CN/C(=C\C(N)[N+](=O)[O-])CBr. The van der Waals surface area contributed by atoms with E-state index in [4.69, 9.17) is 5.73 Å². The second-order valence-electron chi connectivity index (χ2n) is 2.76. The Morgan fingerprint density at radius 2 is 2.38 bits per heavy atom. The number of halogens is 1. The fourth-order valence-corrected chi connectivity index (χ4v) is 1.20. The van der Waals surface area contributed by atoms with Crippen LogP contribution in [0.2, 0.25) is 0 Å². The lowest BCUT2D eigenvalue weighted by Crippen LogP contribution is -2.31. The zero-order chi connectivity index (χ0) is 12.6. The predicted molar refractivity (Wildman–Crippen MR) is 61.5 cm³/mol. The summed E-state index contributed by atoms with van der Waals surface area (Å²) in [6.07, 6.45) is -0.0595. The minimum absolute atomic E-state index is 0.0459. The minimum Gasteiger partial charge on any atom is -0.465 e. The fourth-order valence-electron chi connectivity index (χ4n) is 0.815. The second-order valence-corrected chi connectivity index (χ2v) is 3.32. The molecule has 0 spiro atoms. The van der Waals surface area contributed by atoms with Gasteiger partial charge in [0.1, 0.15) is 6.54 Å². The van der Waals surface area contributed by atoms with Crippen molar-refractivity contribution in [3.8, 4) is 0 Å². The van der Waals surface area contributed by atoms with Crippen molar-refractivity contribution in [3.05, 3.63) is 21.9 Å². The molecule has 0 aliphatic rings. The van der Waals surface area contributed by atoms with Gasteiger partial charge in [0.25, 0.3) is 6.17 Å². The zero-order valence-corrected chi connectivity index (χ0v) is 10.4. The summed E-state index contributed by atoms with van der Waals surface area (Å²) >= 11 is 3.12. The fraction of sp³-hybridized carbons (Fsp3) is 0.625. The molecule has 8 heteroatoms. The summed E-state index contributed by atoms with van der Waals surface area (Å²) in [5.41, 5.74) is 5.68. The van der Waals surface area contributed by atoms with Crippen molar-refractivity contribution < 1.29 is 14.5 Å². The van der Waals surface area contributed by atoms with Gasteiger partial charge in [-0.1, -0.05) is 15.9 Å². The first-order valence-corrected chi connectivity index (χ1v) is 5.68. The number of nitro groups is 1. The minimum atomic E-state index is -1.29. The summed E-state index contributed by atoms with van der Waals surface area (Å²) < 4.78 is 4.68. The Hall–Kier alpha value is -1.15. The van der Waals surface area contributed by atoms with Crippen LogP contribution in [0.3, 0.4) is 0 Å². The number of nitrogens with two attached hydrogens (primary N) is 1. The van der Waals surface area contributed by atoms with Crippen molar-refractivity contribution in [2.45, 2.75) is 13.1 Å². The van der Waals surface area contributed by atoms with E-state index in [0.717, 1.165) is 0 Å². The van der Waals surface area contributed by atoms with E-state index in [1.165, 1.54) is 6.08 Å². The molecule has 0 heterocycles. The highest BCUT2D eigenvalue weighted by Crippen LogP contribution is 1.97. The molecular formula is C8H14BrN3O4. The van der Waals surface area contributed by atoms with E-state index in [-0.39, 0.29) is 6.54 Å². The molecule has 1 unspecified atom stereocenters. The summed E-state index contributed by atoms with van der Waals surface area (Å²) in [6, 6.07) is 0. The average molecular weight is 296 g/mol. The molecule has 0 aliphatic carbocycles. The summed E-state index contributed by atoms with van der Waals surface area (Å²) in [6.45, 7) is 1.94. The van der Waals surface area contributed by atoms with Crippen LogP contribution >= 0.6 is 15.9 Å². The quantitative estimate of drug-likeness (QED) is 0.225. The largest absolute Gasteiger partial charge is 0.465 e. The van der Waals surface area contributed by atoms with Gasteiger partial charge >= 0.3 is 5.97 Å². The highest BCUT2D eigenvalue weighted by molar-refractivity contribution is 9.09. The number of alkyl halides is 1. The summed E-state index contributed by atoms with van der Waals surface area (Å²) in [4.78, 5) is 20.7. The molecular weight excluding hydrogens is 282 g/mol. The third-order valence-electron chi connectivity index (χ3n) is 1.52. The standard InChI is InChI=1S/C8H14BrN3O4/c1-2-16-8(13)5-11-6(4-9)3-7(10)12(14)15/h3,7,11H,2,4-5,10H2,1H3/b6-3-. The van der Waals surface area contributed by atoms with E-state index in [1.54, 1.807) is 6.92 Å². The number of hydrogen-bond acceptors (Lipinski definition) is 6. The second kappa shape index (κ2) is 8.05. The molecule has 0 aromatic carbocycles. The molecule has 0 radical (unpaired) electrons. The monoisotopic (exact) mass is 295 g/mol. The first kappa shape index (κ1) is 14.8. The zero-order valence-electron chi connectivity index (χ0n) is 8.81. The average Bonchev–Trinajstić information content (AvgIpc) is 2.24. The Morgan fingerprint density at radius 3 is 2.81 bits per heavy atom. The Morgan fingerprint density at radius 1 is 1.75 bits per heavy atom. The van der Waals surface area contributed by atoms with Crippen LogP contribution in [0.1, 0.15) is 6.92 Å². The van der Waals surface area contributed by atoms with Gasteiger partial charge in [-0.2, -0.15) is 0 Å². The van der Waals surface area contributed by atoms with Crippen molar-refractivity contribution in [3.63, 3.8) is 0 Å². The van der Waals surface area contributed by atoms with Gasteiger partial charge in [-0.15, -0.1) is 0 Å². The van der Waals surface area contributed by atoms with E-state index in [0.29, 0.717) is 17.6 Å². The van der Waals surface area contributed by atoms with Crippen molar-refractivity contribution in [2.24, 2.45) is 5.73 Å². The summed E-state index contributed by atoms with van der Waals surface area (Å²) in [7, 11) is 0. The molecule has 16 heavy (non-hydrogen) atoms. The van der Waals surface area contributed by atoms with Crippen LogP contribution in [-0.4, -0.2) is 35.5 Å². The topological polar surface area (TPSA) is 107 Å². The van der Waals surface area contributed by atoms with Gasteiger partial charge in [0.05, 0.1) is 6.61 Å². The Bertz CT molecular complexity index is 282. The Balaban J connectivity index is 4.19. The number of hydrogen-bond donors (Lipinski definition) is 2. The number of rotatable bonds is 7. The normalized spacial score (nSPS) is 13.1. The predicted octanol–water partition coefficient (Wildman–Crippen LogP) is -0.0206. The van der Waals surface area contributed by atoms with E-state index < -0.39 is 17.1 Å². The van der Waals surface area contributed by atoms with Crippen LogP contribution < -0.4 is 11.1 Å². The molecule has 0 aromatic heterocycles. The van der Waals surface area contributed by atoms with Gasteiger partial charge in [0.2, 0.25) is 0 Å². The van der Waals surface area contributed by atoms with Crippen LogP contribution in [0.5, 0.6) is 0 Å². The molecule has 3 N–H and O–H groups in total. The van der Waals surface area contributed by atoms with Gasteiger partial charge in [-0.05, 0) is 6.92 Å². The van der Waals surface area contributed by atoms with Gasteiger partial charge in [-0.3, -0.25) is 20.6 Å². The number of nitrogens with one attached hydrogen (secondary N) is 1. The molecule has 7 nitrogen and oxygen atoms in total. The Kier molecular flexibility index (Phi) is 7.48. The molecule has 0 rings (SSSR count). The molecule has 0 aromatic rings. The maximum absolute atomic E-state index is 11.0. The van der Waals surface area contributed by atoms with E-state index >= 15 is 0 Å². The summed E-state index contributed by atoms with van der Waals surface area (Å²) in [5.74, 6) is -0.427. The number of ether oxygens (including phenoxy) is 1. The van der Waals surface area contributed by atoms with Gasteiger partial charge in [0, 0.05) is 22.0 Å². The molecule has 0 bridgehead atoms. The first-order chi connectivity index (χ1) is 7.51. The van der Waals surface area contributed by atoms with Crippen LogP contribution in [-0.2, 0) is 9.53 Å². The lowest BCUT2D eigenvalue weighted by molar-refractivity contribution is -0.508. The maximum Gasteiger partial charge on any atom is 0.325 e. The van der Waals surface area contributed by atoms with E-state index in [2.05, 4.69) is 26.0 Å². The number of carbonyl (C=O) groups is 1. The molecule has 0 amide bonds. The van der Waals surface area contributed by atoms with Crippen molar-refractivity contribution in [1.29, 1.82) is 0 Å². The molecule has 0 saturated heterocycles. The summed E-state index contributed by atoms with van der Waals surface area (Å²) in [5, 5.41) is 13.3. The molecule has 0 saturated carbocycles. The van der Waals surface area contributed by atoms with Gasteiger partial charge < -0.3 is 10.1 Å². The van der Waals surface area contributed by atoms with Crippen molar-refractivity contribution >= 4 is 21.9 Å². The van der Waals surface area contributed by atoms with Crippen LogP contribution in [0.15, 0.2) is 11.8 Å². The highest BCUT2D eigenvalue weighted by atomic mass is 79.9. The third kappa shape index (κ3) is 6.36. The lowest BCUT2D eigenvalue weighted by atomic mass is 10.3. The molecule has 0 fully saturated rings. The van der Waals surface area contributed by atoms with Crippen molar-refractivity contribution in [1.82, 2.24) is 5.32 Å². The first-order valence-electron chi connectivity index (χ1n) is 4.56. The third-order valence-corrected chi connectivity index (χ3v) is 2.13. The van der Waals surface area contributed by atoms with Crippen molar-refractivity contribution in [2.75, 3.05) is 18.5 Å².